The fourth-order valence-corrected chi connectivity index (χ4v) is 4.99. The predicted molar refractivity (Wildman–Crippen MR) is 118 cm³/mol. The molecule has 2 aromatic carbocycles. The fourth-order valence-electron chi connectivity index (χ4n) is 3.55. The Kier molecular flexibility index (Phi) is 6.45. The quantitative estimate of drug-likeness (QED) is 0.590. The van der Waals surface area contributed by atoms with Crippen LogP contribution in [0.15, 0.2) is 57.1 Å². The second-order valence-corrected chi connectivity index (χ2v) is 8.99. The molecular formula is C22H27N3O4S. The molecule has 0 spiro atoms. The molecule has 0 unspecified atom stereocenters. The van der Waals surface area contributed by atoms with Gasteiger partial charge in [0.2, 0.25) is 15.7 Å². The molecule has 1 heterocycles. The van der Waals surface area contributed by atoms with Crippen LogP contribution in [0.4, 0.5) is 5.69 Å². The van der Waals surface area contributed by atoms with Crippen molar-refractivity contribution >= 4 is 32.5 Å². The Bertz CT molecular complexity index is 1220. The van der Waals surface area contributed by atoms with E-state index < -0.39 is 9.84 Å². The molecule has 1 N–H and O–H groups in total. The van der Waals surface area contributed by atoms with E-state index in [0.717, 1.165) is 6.42 Å². The van der Waals surface area contributed by atoms with Crippen LogP contribution in [-0.4, -0.2) is 23.5 Å². The number of hydrogen-bond acceptors (Lipinski definition) is 4. The SMILES string of the molecule is CCCCC(=O)Nc1cc2c(cc1S(=O)(=O)c1ccccc1)n(CC)c(=O)n2CC. The molecule has 8 heteroatoms. The van der Waals surface area contributed by atoms with E-state index in [0.29, 0.717) is 37.0 Å². The van der Waals surface area contributed by atoms with Gasteiger partial charge in [0.05, 0.1) is 26.5 Å². The molecule has 0 radical (unpaired) electrons. The number of imidazole rings is 1. The van der Waals surface area contributed by atoms with E-state index in [4.69, 9.17) is 0 Å². The molecule has 0 aliphatic rings. The second-order valence-electron chi connectivity index (χ2n) is 7.08. The van der Waals surface area contributed by atoms with E-state index >= 15 is 0 Å². The van der Waals surface area contributed by atoms with E-state index in [-0.39, 0.29) is 27.1 Å². The lowest BCUT2D eigenvalue weighted by Gasteiger charge is -2.14. The summed E-state index contributed by atoms with van der Waals surface area (Å²) in [7, 11) is -3.90. The number of carbonyl (C=O) groups excluding carboxylic acids is 1. The number of benzene rings is 2. The van der Waals surface area contributed by atoms with Crippen molar-refractivity contribution in [1.29, 1.82) is 0 Å². The third kappa shape index (κ3) is 3.92. The summed E-state index contributed by atoms with van der Waals surface area (Å²) >= 11 is 0. The van der Waals surface area contributed by atoms with Crippen LogP contribution in [0.2, 0.25) is 0 Å². The highest BCUT2D eigenvalue weighted by molar-refractivity contribution is 7.91. The van der Waals surface area contributed by atoms with Crippen LogP contribution < -0.4 is 11.0 Å². The summed E-state index contributed by atoms with van der Waals surface area (Å²) in [4.78, 5) is 25.3. The second kappa shape index (κ2) is 8.87. The van der Waals surface area contributed by atoms with Gasteiger partial charge in [-0.15, -0.1) is 0 Å². The molecule has 0 atom stereocenters. The van der Waals surface area contributed by atoms with Gasteiger partial charge in [0.15, 0.2) is 0 Å². The maximum Gasteiger partial charge on any atom is 0.329 e. The zero-order valence-corrected chi connectivity index (χ0v) is 18.3. The van der Waals surface area contributed by atoms with Crippen molar-refractivity contribution in [2.75, 3.05) is 5.32 Å². The Morgan fingerprint density at radius 2 is 1.57 bits per heavy atom. The largest absolute Gasteiger partial charge is 0.329 e. The van der Waals surface area contributed by atoms with Gasteiger partial charge in [0, 0.05) is 19.5 Å². The molecule has 30 heavy (non-hydrogen) atoms. The summed E-state index contributed by atoms with van der Waals surface area (Å²) < 4.78 is 29.9. The van der Waals surface area contributed by atoms with Gasteiger partial charge in [-0.25, -0.2) is 13.2 Å². The van der Waals surface area contributed by atoms with Crippen LogP contribution in [-0.2, 0) is 27.7 Å². The van der Waals surface area contributed by atoms with Crippen LogP contribution in [0.5, 0.6) is 0 Å². The van der Waals surface area contributed by atoms with Gasteiger partial charge >= 0.3 is 5.69 Å². The van der Waals surface area contributed by atoms with Crippen LogP contribution in [0.3, 0.4) is 0 Å². The molecule has 7 nitrogen and oxygen atoms in total. The predicted octanol–water partition coefficient (Wildman–Crippen LogP) is 3.80. The summed E-state index contributed by atoms with van der Waals surface area (Å²) in [5.41, 5.74) is 1.13. The van der Waals surface area contributed by atoms with Crippen molar-refractivity contribution in [3.63, 3.8) is 0 Å². The normalized spacial score (nSPS) is 11.7. The zero-order valence-electron chi connectivity index (χ0n) is 17.5. The molecule has 3 aromatic rings. The molecule has 3 rings (SSSR count). The van der Waals surface area contributed by atoms with Crippen LogP contribution in [0, 0.1) is 0 Å². The maximum atomic E-state index is 13.4. The van der Waals surface area contributed by atoms with Gasteiger partial charge in [-0.05, 0) is 44.5 Å². The smallest absolute Gasteiger partial charge is 0.325 e. The van der Waals surface area contributed by atoms with Crippen LogP contribution in [0.1, 0.15) is 40.0 Å². The minimum Gasteiger partial charge on any atom is -0.325 e. The monoisotopic (exact) mass is 429 g/mol. The summed E-state index contributed by atoms with van der Waals surface area (Å²) in [6.45, 7) is 6.53. The highest BCUT2D eigenvalue weighted by Crippen LogP contribution is 2.32. The average Bonchev–Trinajstić information content (AvgIpc) is 3.01. The number of fused-ring (bicyclic) bond motifs is 1. The lowest BCUT2D eigenvalue weighted by Crippen LogP contribution is -2.23. The van der Waals surface area contributed by atoms with Gasteiger partial charge < -0.3 is 5.32 Å². The standard InChI is InChI=1S/C22H27N3O4S/c1-4-7-13-21(26)23-17-14-18-19(25(6-3)22(27)24(18)5-2)15-20(17)30(28,29)16-11-9-8-10-12-16/h8-12,14-15H,4-7,13H2,1-3H3,(H,23,26). The van der Waals surface area contributed by atoms with Crippen molar-refractivity contribution in [2.45, 2.75) is 62.9 Å². The number of nitrogens with zero attached hydrogens (tertiary/aromatic N) is 2. The van der Waals surface area contributed by atoms with Gasteiger partial charge in [0.1, 0.15) is 0 Å². The highest BCUT2D eigenvalue weighted by Gasteiger charge is 2.25. The first kappa shape index (κ1) is 21.8. The Hall–Kier alpha value is -2.87. The number of unbranched alkanes of at least 4 members (excludes halogenated alkanes) is 1. The molecule has 1 aromatic heterocycles. The van der Waals surface area contributed by atoms with E-state index in [1.165, 1.54) is 18.2 Å². The van der Waals surface area contributed by atoms with E-state index in [1.54, 1.807) is 33.4 Å². The van der Waals surface area contributed by atoms with Crippen molar-refractivity contribution in [3.8, 4) is 0 Å². The molecule has 0 bridgehead atoms. The number of rotatable bonds is 8. The number of anilines is 1. The molecule has 160 valence electrons. The van der Waals surface area contributed by atoms with Crippen molar-refractivity contribution in [2.24, 2.45) is 0 Å². The zero-order chi connectivity index (χ0) is 21.9. The number of hydrogen-bond donors (Lipinski definition) is 1. The Balaban J connectivity index is 2.29. The van der Waals surface area contributed by atoms with Crippen molar-refractivity contribution in [1.82, 2.24) is 9.13 Å². The van der Waals surface area contributed by atoms with E-state index in [1.807, 2.05) is 20.8 Å². The number of amides is 1. The molecule has 0 saturated heterocycles. The third-order valence-electron chi connectivity index (χ3n) is 5.13. The minimum atomic E-state index is -3.90. The first-order valence-electron chi connectivity index (χ1n) is 10.2. The van der Waals surface area contributed by atoms with Gasteiger partial charge in [-0.2, -0.15) is 0 Å². The van der Waals surface area contributed by atoms with Gasteiger partial charge in [0.25, 0.3) is 0 Å². The lowest BCUT2D eigenvalue weighted by atomic mass is 10.2. The minimum absolute atomic E-state index is 0.0125. The highest BCUT2D eigenvalue weighted by atomic mass is 32.2. The number of sulfone groups is 1. The van der Waals surface area contributed by atoms with E-state index in [2.05, 4.69) is 5.32 Å². The molecule has 0 saturated carbocycles. The third-order valence-corrected chi connectivity index (χ3v) is 6.94. The van der Waals surface area contributed by atoms with E-state index in [9.17, 15) is 18.0 Å². The van der Waals surface area contributed by atoms with Crippen molar-refractivity contribution < 1.29 is 13.2 Å². The number of aryl methyl sites for hydroxylation is 2. The Labute approximate surface area is 176 Å². The van der Waals surface area contributed by atoms with Crippen LogP contribution in [0.25, 0.3) is 11.0 Å². The van der Waals surface area contributed by atoms with Gasteiger partial charge in [-0.1, -0.05) is 31.5 Å². The Morgan fingerprint density at radius 1 is 0.967 bits per heavy atom. The molecule has 0 aliphatic heterocycles. The molecule has 0 aliphatic carbocycles. The maximum absolute atomic E-state index is 13.4. The van der Waals surface area contributed by atoms with Crippen molar-refractivity contribution in [3.05, 3.63) is 52.9 Å². The lowest BCUT2D eigenvalue weighted by molar-refractivity contribution is -0.116. The summed E-state index contributed by atoms with van der Waals surface area (Å²) in [6.07, 6.45) is 1.87. The molecule has 0 fully saturated rings. The first-order valence-corrected chi connectivity index (χ1v) is 11.7. The average molecular weight is 430 g/mol. The summed E-state index contributed by atoms with van der Waals surface area (Å²) in [6, 6.07) is 11.2. The summed E-state index contributed by atoms with van der Waals surface area (Å²) in [5, 5.41) is 2.77. The topological polar surface area (TPSA) is 90.2 Å². The first-order chi connectivity index (χ1) is 14.3. The van der Waals surface area contributed by atoms with Crippen LogP contribution >= 0.6 is 0 Å². The Morgan fingerprint density at radius 3 is 2.13 bits per heavy atom. The number of carbonyl (C=O) groups is 1. The fraction of sp³-hybridized carbons (Fsp3) is 0.364. The van der Waals surface area contributed by atoms with Gasteiger partial charge in [-0.3, -0.25) is 13.9 Å². The summed E-state index contributed by atoms with van der Waals surface area (Å²) in [5.74, 6) is -0.249. The number of aromatic nitrogens is 2. The molecular weight excluding hydrogens is 402 g/mol. The molecule has 1 amide bonds. The number of nitrogens with one attached hydrogen (secondary N) is 1.